The third-order valence-electron chi connectivity index (χ3n) is 4.54. The van der Waals surface area contributed by atoms with Crippen molar-refractivity contribution in [1.82, 2.24) is 0 Å². The van der Waals surface area contributed by atoms with E-state index in [0.717, 1.165) is 18.6 Å². The summed E-state index contributed by atoms with van der Waals surface area (Å²) in [6.07, 6.45) is 8.50. The fraction of sp³-hybridized carbons (Fsp3) is 1.00. The summed E-state index contributed by atoms with van der Waals surface area (Å²) in [6.45, 7) is 0.676. The molecule has 1 aliphatic carbocycles. The van der Waals surface area contributed by atoms with Gasteiger partial charge in [-0.1, -0.05) is 25.7 Å². The van der Waals surface area contributed by atoms with Crippen molar-refractivity contribution in [3.8, 4) is 0 Å². The van der Waals surface area contributed by atoms with Crippen molar-refractivity contribution < 1.29 is 5.11 Å². The molecule has 0 aromatic heterocycles. The summed E-state index contributed by atoms with van der Waals surface area (Å²) >= 11 is 1.99. The Kier molecular flexibility index (Phi) is 4.57. The first-order valence-corrected chi connectivity index (χ1v) is 7.90. The molecule has 16 heavy (non-hydrogen) atoms. The molecule has 1 saturated heterocycles. The zero-order valence-electron chi connectivity index (χ0n) is 10.2. The quantitative estimate of drug-likeness (QED) is 0.748. The molecule has 94 valence electrons. The van der Waals surface area contributed by atoms with E-state index in [4.69, 9.17) is 5.73 Å². The SMILES string of the molecule is NCC1(C(O)C2CCSC2)CCCCCC1. The molecule has 0 aromatic rings. The van der Waals surface area contributed by atoms with Crippen LogP contribution >= 0.6 is 11.8 Å². The molecule has 2 rings (SSSR count). The highest BCUT2D eigenvalue weighted by Crippen LogP contribution is 2.42. The van der Waals surface area contributed by atoms with Crippen molar-refractivity contribution in [2.75, 3.05) is 18.1 Å². The van der Waals surface area contributed by atoms with Crippen LogP contribution in [0.5, 0.6) is 0 Å². The van der Waals surface area contributed by atoms with Crippen molar-refractivity contribution in [2.45, 2.75) is 51.0 Å². The maximum atomic E-state index is 10.7. The fourth-order valence-corrected chi connectivity index (χ4v) is 4.64. The Balaban J connectivity index is 2.05. The second kappa shape index (κ2) is 5.74. The lowest BCUT2D eigenvalue weighted by Crippen LogP contribution is -2.45. The average Bonchev–Trinajstić information content (AvgIpc) is 2.73. The van der Waals surface area contributed by atoms with Gasteiger partial charge in [-0.15, -0.1) is 0 Å². The normalized spacial score (nSPS) is 32.2. The highest BCUT2D eigenvalue weighted by molar-refractivity contribution is 7.99. The van der Waals surface area contributed by atoms with Gasteiger partial charge in [0, 0.05) is 12.0 Å². The van der Waals surface area contributed by atoms with Crippen LogP contribution in [-0.2, 0) is 0 Å². The lowest BCUT2D eigenvalue weighted by molar-refractivity contribution is -0.0171. The van der Waals surface area contributed by atoms with E-state index in [1.165, 1.54) is 37.9 Å². The molecule has 1 aliphatic heterocycles. The summed E-state index contributed by atoms with van der Waals surface area (Å²) in [5.74, 6) is 2.87. The molecule has 1 saturated carbocycles. The van der Waals surface area contributed by atoms with E-state index in [1.807, 2.05) is 11.8 Å². The average molecular weight is 243 g/mol. The molecule has 0 amide bonds. The van der Waals surface area contributed by atoms with Gasteiger partial charge in [0.05, 0.1) is 6.10 Å². The Labute approximate surface area is 103 Å². The van der Waals surface area contributed by atoms with Crippen molar-refractivity contribution >= 4 is 11.8 Å². The van der Waals surface area contributed by atoms with Crippen LogP contribution in [0.4, 0.5) is 0 Å². The minimum atomic E-state index is -0.148. The van der Waals surface area contributed by atoms with Crippen LogP contribution in [0, 0.1) is 11.3 Å². The van der Waals surface area contributed by atoms with E-state index in [9.17, 15) is 5.11 Å². The van der Waals surface area contributed by atoms with Gasteiger partial charge in [0.1, 0.15) is 0 Å². The molecule has 2 atom stereocenters. The molecule has 2 nitrogen and oxygen atoms in total. The van der Waals surface area contributed by atoms with E-state index < -0.39 is 0 Å². The number of thioether (sulfide) groups is 1. The molecular weight excluding hydrogens is 218 g/mol. The monoisotopic (exact) mass is 243 g/mol. The van der Waals surface area contributed by atoms with Gasteiger partial charge in [0.25, 0.3) is 0 Å². The fourth-order valence-electron chi connectivity index (χ4n) is 3.36. The van der Waals surface area contributed by atoms with Gasteiger partial charge >= 0.3 is 0 Å². The predicted molar refractivity (Wildman–Crippen MR) is 70.6 cm³/mol. The summed E-state index contributed by atoms with van der Waals surface area (Å²) in [7, 11) is 0. The van der Waals surface area contributed by atoms with Crippen LogP contribution < -0.4 is 5.73 Å². The molecule has 0 aromatic carbocycles. The molecule has 2 fully saturated rings. The van der Waals surface area contributed by atoms with E-state index in [2.05, 4.69) is 0 Å². The van der Waals surface area contributed by atoms with Gasteiger partial charge in [-0.3, -0.25) is 0 Å². The Bertz CT molecular complexity index is 208. The second-order valence-electron chi connectivity index (χ2n) is 5.55. The standard InChI is InChI=1S/C13H25NOS/c14-10-13(6-3-1-2-4-7-13)12(15)11-5-8-16-9-11/h11-12,15H,1-10,14H2. The highest BCUT2D eigenvalue weighted by atomic mass is 32.2. The van der Waals surface area contributed by atoms with Crippen LogP contribution in [-0.4, -0.2) is 29.3 Å². The first-order chi connectivity index (χ1) is 7.78. The molecule has 2 aliphatic rings. The molecular formula is C13H25NOS. The Hall–Kier alpha value is 0.270. The van der Waals surface area contributed by atoms with Gasteiger partial charge < -0.3 is 10.8 Å². The van der Waals surface area contributed by atoms with E-state index >= 15 is 0 Å². The van der Waals surface area contributed by atoms with Gasteiger partial charge in [-0.25, -0.2) is 0 Å². The Morgan fingerprint density at radius 2 is 1.94 bits per heavy atom. The number of hydrogen-bond donors (Lipinski definition) is 2. The van der Waals surface area contributed by atoms with Crippen molar-refractivity contribution in [3.05, 3.63) is 0 Å². The van der Waals surface area contributed by atoms with Crippen LogP contribution in [0.25, 0.3) is 0 Å². The van der Waals surface area contributed by atoms with E-state index in [0.29, 0.717) is 12.5 Å². The number of rotatable bonds is 3. The van der Waals surface area contributed by atoms with Crippen LogP contribution in [0.1, 0.15) is 44.9 Å². The highest BCUT2D eigenvalue weighted by Gasteiger charge is 2.41. The Morgan fingerprint density at radius 1 is 1.25 bits per heavy atom. The van der Waals surface area contributed by atoms with E-state index in [-0.39, 0.29) is 11.5 Å². The zero-order valence-corrected chi connectivity index (χ0v) is 11.0. The summed E-state index contributed by atoms with van der Waals surface area (Å²) in [4.78, 5) is 0. The summed E-state index contributed by atoms with van der Waals surface area (Å²) in [6, 6.07) is 0. The molecule has 2 unspecified atom stereocenters. The first kappa shape index (κ1) is 12.7. The van der Waals surface area contributed by atoms with Gasteiger partial charge in [0.15, 0.2) is 0 Å². The maximum absolute atomic E-state index is 10.7. The summed E-state index contributed by atoms with van der Waals surface area (Å²) < 4.78 is 0. The maximum Gasteiger partial charge on any atom is 0.0644 e. The zero-order chi connectivity index (χ0) is 11.4. The van der Waals surface area contributed by atoms with E-state index in [1.54, 1.807) is 0 Å². The smallest absolute Gasteiger partial charge is 0.0644 e. The number of aliphatic hydroxyl groups excluding tert-OH is 1. The minimum Gasteiger partial charge on any atom is -0.392 e. The van der Waals surface area contributed by atoms with Gasteiger partial charge in [-0.2, -0.15) is 11.8 Å². The summed E-state index contributed by atoms with van der Waals surface area (Å²) in [5.41, 5.74) is 6.06. The number of aliphatic hydroxyl groups is 1. The van der Waals surface area contributed by atoms with Crippen LogP contribution in [0.2, 0.25) is 0 Å². The third-order valence-corrected chi connectivity index (χ3v) is 5.73. The van der Waals surface area contributed by atoms with Crippen molar-refractivity contribution in [3.63, 3.8) is 0 Å². The summed E-state index contributed by atoms with van der Waals surface area (Å²) in [5, 5.41) is 10.7. The predicted octanol–water partition coefficient (Wildman–Crippen LogP) is 2.40. The van der Waals surface area contributed by atoms with Crippen molar-refractivity contribution in [2.24, 2.45) is 17.1 Å². The van der Waals surface area contributed by atoms with Gasteiger partial charge in [-0.05, 0) is 36.7 Å². The minimum absolute atomic E-state index is 0.0477. The molecule has 0 radical (unpaired) electrons. The third kappa shape index (κ3) is 2.57. The molecule has 1 heterocycles. The Morgan fingerprint density at radius 3 is 2.44 bits per heavy atom. The lowest BCUT2D eigenvalue weighted by Gasteiger charge is -2.39. The van der Waals surface area contributed by atoms with Crippen molar-refractivity contribution in [1.29, 1.82) is 0 Å². The topological polar surface area (TPSA) is 46.2 Å². The first-order valence-electron chi connectivity index (χ1n) is 6.74. The second-order valence-corrected chi connectivity index (χ2v) is 6.70. The number of hydrogen-bond acceptors (Lipinski definition) is 3. The van der Waals surface area contributed by atoms with Crippen LogP contribution in [0.3, 0.4) is 0 Å². The lowest BCUT2D eigenvalue weighted by atomic mass is 9.71. The molecule has 0 spiro atoms. The van der Waals surface area contributed by atoms with Gasteiger partial charge in [0.2, 0.25) is 0 Å². The molecule has 3 heteroatoms. The van der Waals surface area contributed by atoms with Crippen LogP contribution in [0.15, 0.2) is 0 Å². The number of nitrogens with two attached hydrogens (primary N) is 1. The molecule has 0 bridgehead atoms. The largest absolute Gasteiger partial charge is 0.392 e. The molecule has 3 N–H and O–H groups in total.